The lowest BCUT2D eigenvalue weighted by molar-refractivity contribution is -0.144. The van der Waals surface area contributed by atoms with Gasteiger partial charge in [-0.25, -0.2) is 0 Å². The van der Waals surface area contributed by atoms with E-state index in [1.54, 1.807) is 0 Å². The van der Waals surface area contributed by atoms with Crippen LogP contribution in [0.4, 0.5) is 0 Å². The molecule has 4 heteroatoms. The number of nitrogens with zero attached hydrogens (tertiary/aromatic N) is 1. The molecule has 1 aromatic heterocycles. The second kappa shape index (κ2) is 6.35. The van der Waals surface area contributed by atoms with Crippen molar-refractivity contribution in [3.63, 3.8) is 0 Å². The highest BCUT2D eigenvalue weighted by Crippen LogP contribution is 2.05. The quantitative estimate of drug-likeness (QED) is 0.790. The Morgan fingerprint density at radius 1 is 1.47 bits per heavy atom. The van der Waals surface area contributed by atoms with Crippen LogP contribution in [-0.4, -0.2) is 24.1 Å². The summed E-state index contributed by atoms with van der Waals surface area (Å²) in [5.74, 6) is -0.0417. The van der Waals surface area contributed by atoms with Gasteiger partial charge in [0, 0.05) is 12.2 Å². The van der Waals surface area contributed by atoms with Crippen LogP contribution in [0.3, 0.4) is 0 Å². The van der Waals surface area contributed by atoms with E-state index in [9.17, 15) is 4.79 Å². The molecule has 1 N–H and O–H groups in total. The van der Waals surface area contributed by atoms with E-state index in [1.807, 2.05) is 39.0 Å². The van der Waals surface area contributed by atoms with Gasteiger partial charge >= 0.3 is 5.97 Å². The first-order chi connectivity index (χ1) is 8.04. The van der Waals surface area contributed by atoms with E-state index < -0.39 is 0 Å². The molecule has 0 spiro atoms. The molecule has 1 rings (SSSR count). The summed E-state index contributed by atoms with van der Waals surface area (Å²) in [4.78, 5) is 15.9. The number of hydrogen-bond donors (Lipinski definition) is 1. The number of ether oxygens (including phenoxy) is 1. The zero-order valence-corrected chi connectivity index (χ0v) is 10.9. The maximum atomic E-state index is 11.5. The van der Waals surface area contributed by atoms with Gasteiger partial charge in [0.1, 0.15) is 6.04 Å². The van der Waals surface area contributed by atoms with Crippen molar-refractivity contribution in [3.8, 4) is 0 Å². The average Bonchev–Trinajstić information content (AvgIpc) is 2.28. The highest BCUT2D eigenvalue weighted by Gasteiger charge is 2.22. The van der Waals surface area contributed by atoms with Gasteiger partial charge in [0.25, 0.3) is 0 Å². The van der Waals surface area contributed by atoms with Crippen molar-refractivity contribution in [2.75, 3.05) is 7.11 Å². The Balaban J connectivity index is 2.61. The molecule has 0 amide bonds. The summed E-state index contributed by atoms with van der Waals surface area (Å²) >= 11 is 0. The lowest BCUT2D eigenvalue weighted by Gasteiger charge is -2.19. The molecule has 0 aromatic carbocycles. The molecule has 1 atom stereocenters. The minimum absolute atomic E-state index is 0.187. The predicted octanol–water partition coefficient (Wildman–Crippen LogP) is 1.68. The van der Waals surface area contributed by atoms with E-state index in [0.717, 1.165) is 11.4 Å². The SMILES string of the molecule is COC(=O)C(NCc1cccc(C)n1)C(C)C. The minimum Gasteiger partial charge on any atom is -0.468 e. The Morgan fingerprint density at radius 3 is 2.71 bits per heavy atom. The van der Waals surface area contributed by atoms with Crippen molar-refractivity contribution >= 4 is 5.97 Å². The standard InChI is InChI=1S/C13H20N2O2/c1-9(2)12(13(16)17-4)14-8-11-7-5-6-10(3)15-11/h5-7,9,12,14H,8H2,1-4H3. The highest BCUT2D eigenvalue weighted by molar-refractivity contribution is 5.75. The van der Waals surface area contributed by atoms with Gasteiger partial charge in [0.2, 0.25) is 0 Å². The molecule has 0 aliphatic rings. The number of nitrogens with one attached hydrogen (secondary N) is 1. The predicted molar refractivity (Wildman–Crippen MR) is 66.5 cm³/mol. The molecule has 0 saturated heterocycles. The number of aromatic nitrogens is 1. The first kappa shape index (κ1) is 13.6. The van der Waals surface area contributed by atoms with Crippen LogP contribution in [0.2, 0.25) is 0 Å². The van der Waals surface area contributed by atoms with Crippen molar-refractivity contribution in [1.29, 1.82) is 0 Å². The van der Waals surface area contributed by atoms with Crippen molar-refractivity contribution in [2.24, 2.45) is 5.92 Å². The lowest BCUT2D eigenvalue weighted by atomic mass is 10.0. The molecule has 1 unspecified atom stereocenters. The monoisotopic (exact) mass is 236 g/mol. The van der Waals surface area contributed by atoms with E-state index in [4.69, 9.17) is 4.74 Å². The average molecular weight is 236 g/mol. The number of esters is 1. The van der Waals surface area contributed by atoms with Gasteiger partial charge in [0.05, 0.1) is 12.8 Å². The largest absolute Gasteiger partial charge is 0.468 e. The van der Waals surface area contributed by atoms with Crippen LogP contribution in [-0.2, 0) is 16.1 Å². The number of carbonyl (C=O) groups is 1. The maximum absolute atomic E-state index is 11.5. The van der Waals surface area contributed by atoms with Gasteiger partial charge in [-0.3, -0.25) is 15.1 Å². The van der Waals surface area contributed by atoms with Gasteiger partial charge < -0.3 is 4.74 Å². The third kappa shape index (κ3) is 4.15. The number of rotatable bonds is 5. The van der Waals surface area contributed by atoms with E-state index in [0.29, 0.717) is 6.54 Å². The molecule has 1 heterocycles. The number of pyridine rings is 1. The third-order valence-corrected chi connectivity index (χ3v) is 2.57. The van der Waals surface area contributed by atoms with Crippen LogP contribution in [0.15, 0.2) is 18.2 Å². The molecule has 0 saturated carbocycles. The Hall–Kier alpha value is -1.42. The molecule has 17 heavy (non-hydrogen) atoms. The van der Waals surface area contributed by atoms with Crippen molar-refractivity contribution in [3.05, 3.63) is 29.6 Å². The fourth-order valence-corrected chi connectivity index (χ4v) is 1.63. The molecule has 94 valence electrons. The Labute approximate surface area is 102 Å². The number of methoxy groups -OCH3 is 1. The topological polar surface area (TPSA) is 51.2 Å². The highest BCUT2D eigenvalue weighted by atomic mass is 16.5. The van der Waals surface area contributed by atoms with E-state index in [-0.39, 0.29) is 17.9 Å². The van der Waals surface area contributed by atoms with E-state index in [1.165, 1.54) is 7.11 Å². The van der Waals surface area contributed by atoms with Gasteiger partial charge in [-0.1, -0.05) is 19.9 Å². The molecule has 0 fully saturated rings. The van der Waals surface area contributed by atoms with Crippen LogP contribution in [0.1, 0.15) is 25.2 Å². The first-order valence-electron chi connectivity index (χ1n) is 5.78. The van der Waals surface area contributed by atoms with Gasteiger partial charge in [-0.2, -0.15) is 0 Å². The van der Waals surface area contributed by atoms with Crippen LogP contribution in [0, 0.1) is 12.8 Å². The molecular formula is C13H20N2O2. The summed E-state index contributed by atoms with van der Waals surface area (Å²) in [5.41, 5.74) is 1.91. The summed E-state index contributed by atoms with van der Waals surface area (Å²) in [7, 11) is 1.41. The minimum atomic E-state index is -0.290. The summed E-state index contributed by atoms with van der Waals surface area (Å²) in [6.45, 7) is 6.49. The lowest BCUT2D eigenvalue weighted by Crippen LogP contribution is -2.41. The van der Waals surface area contributed by atoms with Crippen LogP contribution < -0.4 is 5.32 Å². The van der Waals surface area contributed by atoms with Crippen LogP contribution in [0.25, 0.3) is 0 Å². The fraction of sp³-hybridized carbons (Fsp3) is 0.538. The van der Waals surface area contributed by atoms with Crippen molar-refractivity contribution < 1.29 is 9.53 Å². The summed E-state index contributed by atoms with van der Waals surface area (Å²) < 4.78 is 4.76. The molecule has 0 aliphatic heterocycles. The zero-order valence-electron chi connectivity index (χ0n) is 10.9. The second-order valence-corrected chi connectivity index (χ2v) is 4.40. The van der Waals surface area contributed by atoms with E-state index >= 15 is 0 Å². The molecule has 4 nitrogen and oxygen atoms in total. The molecule has 0 bridgehead atoms. The summed E-state index contributed by atoms with van der Waals surface area (Å²) in [5, 5.41) is 3.18. The van der Waals surface area contributed by atoms with Crippen LogP contribution in [0.5, 0.6) is 0 Å². The van der Waals surface area contributed by atoms with Crippen LogP contribution >= 0.6 is 0 Å². The van der Waals surface area contributed by atoms with E-state index in [2.05, 4.69) is 10.3 Å². The van der Waals surface area contributed by atoms with Gasteiger partial charge in [-0.15, -0.1) is 0 Å². The van der Waals surface area contributed by atoms with Crippen molar-refractivity contribution in [2.45, 2.75) is 33.4 Å². The maximum Gasteiger partial charge on any atom is 0.323 e. The third-order valence-electron chi connectivity index (χ3n) is 2.57. The normalized spacial score (nSPS) is 12.5. The van der Waals surface area contributed by atoms with Gasteiger partial charge in [-0.05, 0) is 25.0 Å². The number of aryl methyl sites for hydroxylation is 1. The molecule has 0 aliphatic carbocycles. The zero-order chi connectivity index (χ0) is 12.8. The van der Waals surface area contributed by atoms with Crippen molar-refractivity contribution in [1.82, 2.24) is 10.3 Å². The second-order valence-electron chi connectivity index (χ2n) is 4.40. The summed E-state index contributed by atoms with van der Waals surface area (Å²) in [6.07, 6.45) is 0. The summed E-state index contributed by atoms with van der Waals surface area (Å²) in [6, 6.07) is 5.56. The number of hydrogen-bond acceptors (Lipinski definition) is 4. The fourth-order valence-electron chi connectivity index (χ4n) is 1.63. The molecular weight excluding hydrogens is 216 g/mol. The number of carbonyl (C=O) groups excluding carboxylic acids is 1. The molecule has 0 radical (unpaired) electrons. The smallest absolute Gasteiger partial charge is 0.323 e. The molecule has 1 aromatic rings. The Bertz CT molecular complexity index is 377. The Kier molecular flexibility index (Phi) is 5.10. The van der Waals surface area contributed by atoms with Gasteiger partial charge in [0.15, 0.2) is 0 Å². The Morgan fingerprint density at radius 2 is 2.18 bits per heavy atom. The first-order valence-corrected chi connectivity index (χ1v) is 5.78.